The number of hydrogen-bond donors (Lipinski definition) is 3. The predicted molar refractivity (Wildman–Crippen MR) is 59.5 cm³/mol. The molecule has 1 aromatic rings. The molecule has 1 aliphatic heterocycles. The number of aromatic nitrogens is 2. The van der Waals surface area contributed by atoms with Crippen LogP contribution in [0, 0.1) is 0 Å². The Morgan fingerprint density at radius 3 is 2.65 bits per heavy atom. The number of nitrogens with two attached hydrogens (primary N) is 1. The minimum absolute atomic E-state index is 0.0448. The quantitative estimate of drug-likeness (QED) is 0.635. The Balaban J connectivity index is 2.58. The van der Waals surface area contributed by atoms with Crippen LogP contribution in [0.4, 0.5) is 11.6 Å². The number of hydrogen-bond acceptors (Lipinski definition) is 5. The van der Waals surface area contributed by atoms with Gasteiger partial charge in [0.2, 0.25) is 5.91 Å². The van der Waals surface area contributed by atoms with Crippen LogP contribution in [0.15, 0.2) is 0 Å². The smallest absolute Gasteiger partial charge is 0.320 e. The number of nitrogen functional groups attached to an aromatic ring is 1. The van der Waals surface area contributed by atoms with Crippen molar-refractivity contribution in [3.63, 3.8) is 0 Å². The van der Waals surface area contributed by atoms with Crippen molar-refractivity contribution in [1.29, 1.82) is 0 Å². The predicted octanol–water partition coefficient (Wildman–Crippen LogP) is 0.302. The number of carboxylic acid groups (broad SMARTS) is 1. The van der Waals surface area contributed by atoms with Crippen LogP contribution >= 0.6 is 0 Å². The van der Waals surface area contributed by atoms with Gasteiger partial charge in [-0.2, -0.15) is 0 Å². The van der Waals surface area contributed by atoms with Crippen LogP contribution in [0.25, 0.3) is 0 Å². The van der Waals surface area contributed by atoms with Gasteiger partial charge in [-0.25, -0.2) is 9.97 Å². The highest BCUT2D eigenvalue weighted by molar-refractivity contribution is 6.14. The molecule has 7 heteroatoms. The average molecular weight is 236 g/mol. The lowest BCUT2D eigenvalue weighted by Crippen LogP contribution is -2.20. The normalized spacial score (nSPS) is 18.1. The van der Waals surface area contributed by atoms with Gasteiger partial charge in [-0.15, -0.1) is 0 Å². The van der Waals surface area contributed by atoms with E-state index in [1.54, 1.807) is 0 Å². The zero-order chi connectivity index (χ0) is 12.7. The van der Waals surface area contributed by atoms with E-state index in [9.17, 15) is 9.59 Å². The average Bonchev–Trinajstić information content (AvgIpc) is 2.54. The van der Waals surface area contributed by atoms with E-state index in [1.165, 1.54) is 0 Å². The SMILES string of the molecule is CC(C)c1nc(N)c2c(n1)NC(=O)C2C(=O)O. The largest absolute Gasteiger partial charge is 0.480 e. The molecular weight excluding hydrogens is 224 g/mol. The van der Waals surface area contributed by atoms with E-state index in [0.717, 1.165) is 0 Å². The summed E-state index contributed by atoms with van der Waals surface area (Å²) in [7, 11) is 0. The number of carboxylic acids is 1. The molecule has 0 fully saturated rings. The van der Waals surface area contributed by atoms with E-state index < -0.39 is 17.8 Å². The summed E-state index contributed by atoms with van der Waals surface area (Å²) in [5.41, 5.74) is 5.85. The topological polar surface area (TPSA) is 118 Å². The first-order chi connectivity index (χ1) is 7.91. The summed E-state index contributed by atoms with van der Waals surface area (Å²) >= 11 is 0. The van der Waals surface area contributed by atoms with Gasteiger partial charge in [-0.05, 0) is 0 Å². The molecule has 1 aromatic heterocycles. The highest BCUT2D eigenvalue weighted by atomic mass is 16.4. The molecule has 90 valence electrons. The molecule has 17 heavy (non-hydrogen) atoms. The van der Waals surface area contributed by atoms with E-state index in [2.05, 4.69) is 15.3 Å². The number of rotatable bonds is 2. The van der Waals surface area contributed by atoms with Gasteiger partial charge in [-0.3, -0.25) is 9.59 Å². The van der Waals surface area contributed by atoms with Crippen molar-refractivity contribution < 1.29 is 14.7 Å². The number of carbonyl (C=O) groups excluding carboxylic acids is 1. The fourth-order valence-electron chi connectivity index (χ4n) is 1.70. The molecule has 0 radical (unpaired) electrons. The fraction of sp³-hybridized carbons (Fsp3) is 0.400. The molecule has 0 saturated heterocycles. The summed E-state index contributed by atoms with van der Waals surface area (Å²) < 4.78 is 0. The fourth-order valence-corrected chi connectivity index (χ4v) is 1.70. The van der Waals surface area contributed by atoms with Gasteiger partial charge in [-0.1, -0.05) is 13.8 Å². The first-order valence-corrected chi connectivity index (χ1v) is 5.12. The molecule has 1 atom stereocenters. The molecule has 1 aliphatic rings. The summed E-state index contributed by atoms with van der Waals surface area (Å²) in [6, 6.07) is 0. The van der Waals surface area contributed by atoms with E-state index in [0.29, 0.717) is 5.82 Å². The molecule has 2 rings (SSSR count). The van der Waals surface area contributed by atoms with Crippen molar-refractivity contribution in [3.8, 4) is 0 Å². The first kappa shape index (κ1) is 11.3. The number of fused-ring (bicyclic) bond motifs is 1. The molecule has 0 spiro atoms. The molecule has 0 bridgehead atoms. The summed E-state index contributed by atoms with van der Waals surface area (Å²) in [5.74, 6) is -2.42. The van der Waals surface area contributed by atoms with Crippen molar-refractivity contribution in [3.05, 3.63) is 11.4 Å². The minimum Gasteiger partial charge on any atom is -0.480 e. The molecule has 0 saturated carbocycles. The second-order valence-corrected chi connectivity index (χ2v) is 4.14. The van der Waals surface area contributed by atoms with E-state index in [4.69, 9.17) is 10.8 Å². The van der Waals surface area contributed by atoms with Crippen molar-refractivity contribution in [1.82, 2.24) is 9.97 Å². The molecule has 2 heterocycles. The second-order valence-electron chi connectivity index (χ2n) is 4.14. The van der Waals surface area contributed by atoms with Crippen LogP contribution < -0.4 is 11.1 Å². The van der Waals surface area contributed by atoms with Crippen molar-refractivity contribution >= 4 is 23.5 Å². The van der Waals surface area contributed by atoms with Gasteiger partial charge in [0.1, 0.15) is 17.5 Å². The van der Waals surface area contributed by atoms with Gasteiger partial charge in [0.15, 0.2) is 5.92 Å². The maximum Gasteiger partial charge on any atom is 0.320 e. The molecule has 4 N–H and O–H groups in total. The number of amides is 1. The molecule has 7 nitrogen and oxygen atoms in total. The monoisotopic (exact) mass is 236 g/mol. The Labute approximate surface area is 97.1 Å². The number of carbonyl (C=O) groups is 2. The van der Waals surface area contributed by atoms with Gasteiger partial charge < -0.3 is 16.2 Å². The van der Waals surface area contributed by atoms with E-state index in [-0.39, 0.29) is 23.1 Å². The standard InChI is InChI=1S/C10H12N4O3/c1-3(2)7-12-6(11)4-5(10(16)17)9(15)14-8(4)13-7/h3,5H,1-2H3,(H,16,17)(H3,11,12,13,14,15). The second kappa shape index (κ2) is 3.69. The van der Waals surface area contributed by atoms with Gasteiger partial charge in [0.05, 0.1) is 5.56 Å². The Morgan fingerprint density at radius 1 is 1.47 bits per heavy atom. The van der Waals surface area contributed by atoms with Crippen LogP contribution in [-0.4, -0.2) is 27.0 Å². The van der Waals surface area contributed by atoms with Crippen LogP contribution in [0.1, 0.15) is 37.1 Å². The van der Waals surface area contributed by atoms with Crippen molar-refractivity contribution in [2.75, 3.05) is 11.1 Å². The summed E-state index contributed by atoms with van der Waals surface area (Å²) in [5, 5.41) is 11.4. The first-order valence-electron chi connectivity index (χ1n) is 5.12. The highest BCUT2D eigenvalue weighted by Crippen LogP contribution is 2.35. The lowest BCUT2D eigenvalue weighted by atomic mass is 10.0. The van der Waals surface area contributed by atoms with Crippen LogP contribution in [0.2, 0.25) is 0 Å². The zero-order valence-corrected chi connectivity index (χ0v) is 9.39. The summed E-state index contributed by atoms with van der Waals surface area (Å²) in [4.78, 5) is 30.6. The molecule has 0 aliphatic carbocycles. The number of nitrogens with zero attached hydrogens (tertiary/aromatic N) is 2. The van der Waals surface area contributed by atoms with Crippen LogP contribution in [0.5, 0.6) is 0 Å². The number of anilines is 2. The third kappa shape index (κ3) is 1.69. The zero-order valence-electron chi connectivity index (χ0n) is 9.39. The molecular formula is C10H12N4O3. The third-order valence-corrected chi connectivity index (χ3v) is 2.55. The minimum atomic E-state index is -1.31. The Kier molecular flexibility index (Phi) is 2.45. The van der Waals surface area contributed by atoms with E-state index >= 15 is 0 Å². The highest BCUT2D eigenvalue weighted by Gasteiger charge is 2.40. The third-order valence-electron chi connectivity index (χ3n) is 2.55. The molecule has 1 amide bonds. The van der Waals surface area contributed by atoms with Crippen molar-refractivity contribution in [2.24, 2.45) is 0 Å². The van der Waals surface area contributed by atoms with Crippen LogP contribution in [-0.2, 0) is 9.59 Å². The van der Waals surface area contributed by atoms with Gasteiger partial charge in [0, 0.05) is 5.92 Å². The van der Waals surface area contributed by atoms with Gasteiger partial charge >= 0.3 is 5.97 Å². The van der Waals surface area contributed by atoms with Crippen molar-refractivity contribution in [2.45, 2.75) is 25.7 Å². The Morgan fingerprint density at radius 2 is 2.12 bits per heavy atom. The maximum atomic E-state index is 11.5. The lowest BCUT2D eigenvalue weighted by molar-refractivity contribution is -0.141. The maximum absolute atomic E-state index is 11.5. The molecule has 1 unspecified atom stereocenters. The number of nitrogens with one attached hydrogen (secondary N) is 1. The Bertz CT molecular complexity index is 513. The number of aliphatic carboxylic acids is 1. The Hall–Kier alpha value is -2.18. The lowest BCUT2D eigenvalue weighted by Gasteiger charge is -2.09. The van der Waals surface area contributed by atoms with Crippen LogP contribution in [0.3, 0.4) is 0 Å². The summed E-state index contributed by atoms with van der Waals surface area (Å²) in [6.07, 6.45) is 0. The molecule has 0 aromatic carbocycles. The summed E-state index contributed by atoms with van der Waals surface area (Å²) in [6.45, 7) is 3.76. The van der Waals surface area contributed by atoms with Gasteiger partial charge in [0.25, 0.3) is 0 Å². The van der Waals surface area contributed by atoms with E-state index in [1.807, 2.05) is 13.8 Å².